The van der Waals surface area contributed by atoms with Gasteiger partial charge in [-0.25, -0.2) is 0 Å². The van der Waals surface area contributed by atoms with Gasteiger partial charge in [0.25, 0.3) is 0 Å². The third kappa shape index (κ3) is 1.98. The summed E-state index contributed by atoms with van der Waals surface area (Å²) in [6, 6.07) is 8.37. The molecule has 3 heterocycles. The fourth-order valence-corrected chi connectivity index (χ4v) is 2.27. The molecule has 1 aliphatic rings. The van der Waals surface area contributed by atoms with Crippen molar-refractivity contribution in [2.45, 2.75) is 12.5 Å². The Morgan fingerprint density at radius 3 is 3.24 bits per heavy atom. The lowest BCUT2D eigenvalue weighted by Crippen LogP contribution is -2.40. The van der Waals surface area contributed by atoms with Gasteiger partial charge in [0.1, 0.15) is 0 Å². The fourth-order valence-electron chi connectivity index (χ4n) is 2.27. The Morgan fingerprint density at radius 1 is 1.47 bits per heavy atom. The van der Waals surface area contributed by atoms with E-state index in [1.165, 1.54) is 0 Å². The Hall–Kier alpha value is -1.97. The molecule has 1 aliphatic heterocycles. The van der Waals surface area contributed by atoms with Gasteiger partial charge in [0.2, 0.25) is 5.88 Å². The molecule has 2 aromatic rings. The van der Waals surface area contributed by atoms with Crippen molar-refractivity contribution in [1.29, 1.82) is 0 Å². The molecule has 0 spiro atoms. The molecule has 1 N–H and O–H groups in total. The summed E-state index contributed by atoms with van der Waals surface area (Å²) in [5.41, 5.74) is 2.19. The molecule has 17 heavy (non-hydrogen) atoms. The molecule has 0 saturated carbocycles. The first-order valence-electron chi connectivity index (χ1n) is 5.78. The van der Waals surface area contributed by atoms with Crippen LogP contribution in [-0.4, -0.2) is 24.6 Å². The number of nitrogens with zero attached hydrogens (tertiary/aromatic N) is 2. The maximum atomic E-state index is 5.41. The Kier molecular flexibility index (Phi) is 2.48. The predicted octanol–water partition coefficient (Wildman–Crippen LogP) is 2.15. The predicted molar refractivity (Wildman–Crippen MR) is 67.3 cm³/mol. The van der Waals surface area contributed by atoms with Crippen LogP contribution in [0.4, 0.5) is 11.6 Å². The first kappa shape index (κ1) is 10.2. The summed E-state index contributed by atoms with van der Waals surface area (Å²) in [6.07, 6.45) is 4.48. The first-order chi connectivity index (χ1) is 8.33. The number of nitrogens with one attached hydrogen (secondary N) is 1. The highest BCUT2D eigenvalue weighted by Gasteiger charge is 2.24. The highest BCUT2D eigenvalue weighted by molar-refractivity contribution is 5.66. The van der Waals surface area contributed by atoms with Gasteiger partial charge in [0.15, 0.2) is 0 Å². The van der Waals surface area contributed by atoms with E-state index in [2.05, 4.69) is 28.3 Å². The number of aromatic nitrogens is 1. The van der Waals surface area contributed by atoms with E-state index in [1.54, 1.807) is 6.26 Å². The van der Waals surface area contributed by atoms with Crippen LogP contribution in [-0.2, 0) is 6.42 Å². The zero-order chi connectivity index (χ0) is 11.7. The van der Waals surface area contributed by atoms with Gasteiger partial charge in [-0.1, -0.05) is 6.07 Å². The molecule has 3 rings (SSSR count). The minimum atomic E-state index is 0.375. The lowest BCUT2D eigenvalue weighted by molar-refractivity contribution is 0.535. The van der Waals surface area contributed by atoms with E-state index in [1.807, 2.05) is 24.4 Å². The molecule has 0 amide bonds. The van der Waals surface area contributed by atoms with Gasteiger partial charge in [0.05, 0.1) is 12.0 Å². The minimum Gasteiger partial charge on any atom is -0.447 e. The Bertz CT molecular complexity index is 494. The van der Waals surface area contributed by atoms with E-state index < -0.39 is 0 Å². The molecule has 88 valence electrons. The highest BCUT2D eigenvalue weighted by atomic mass is 16.3. The second kappa shape index (κ2) is 4.13. The molecule has 0 saturated heterocycles. The summed E-state index contributed by atoms with van der Waals surface area (Å²) in [4.78, 5) is 6.50. The van der Waals surface area contributed by atoms with Crippen LogP contribution in [0.3, 0.4) is 0 Å². The molecular weight excluding hydrogens is 214 g/mol. The number of rotatable bonds is 2. The molecule has 2 aromatic heterocycles. The maximum absolute atomic E-state index is 5.41. The second-order valence-electron chi connectivity index (χ2n) is 4.39. The number of likely N-dealkylation sites (N-methyl/N-ethyl adjacent to an activating group) is 1. The van der Waals surface area contributed by atoms with Gasteiger partial charge in [0, 0.05) is 44.0 Å². The molecule has 0 aromatic carbocycles. The molecule has 4 heteroatoms. The normalized spacial score (nSPS) is 18.6. The number of anilines is 2. The Morgan fingerprint density at radius 2 is 2.41 bits per heavy atom. The van der Waals surface area contributed by atoms with Crippen molar-refractivity contribution < 1.29 is 4.42 Å². The standard InChI is InChI=1S/C13H15N3O/c1-16-9-11(8-10-4-2-3-6-14-10)15-12-5-7-17-13(12)16/h2-7,11,15H,8-9H2,1H3. The zero-order valence-corrected chi connectivity index (χ0v) is 9.76. The molecule has 0 fully saturated rings. The SMILES string of the molecule is CN1CC(Cc2ccccn2)Nc2ccoc21. The van der Waals surface area contributed by atoms with Crippen molar-refractivity contribution in [1.82, 2.24) is 4.98 Å². The molecule has 1 atom stereocenters. The Balaban J connectivity index is 1.76. The van der Waals surface area contributed by atoms with E-state index >= 15 is 0 Å². The van der Waals surface area contributed by atoms with E-state index in [-0.39, 0.29) is 0 Å². The van der Waals surface area contributed by atoms with Crippen LogP contribution in [0.5, 0.6) is 0 Å². The third-order valence-electron chi connectivity index (χ3n) is 3.03. The Labute approximate surface area is 100 Å². The zero-order valence-electron chi connectivity index (χ0n) is 9.76. The minimum absolute atomic E-state index is 0.375. The quantitative estimate of drug-likeness (QED) is 0.856. The number of fused-ring (bicyclic) bond motifs is 1. The molecule has 0 bridgehead atoms. The summed E-state index contributed by atoms with van der Waals surface area (Å²) in [5.74, 6) is 0.919. The van der Waals surface area contributed by atoms with E-state index in [0.717, 1.165) is 30.2 Å². The third-order valence-corrected chi connectivity index (χ3v) is 3.03. The molecular formula is C13H15N3O. The lowest BCUT2D eigenvalue weighted by Gasteiger charge is -2.31. The number of furan rings is 1. The van der Waals surface area contributed by atoms with Crippen molar-refractivity contribution in [2.75, 3.05) is 23.8 Å². The van der Waals surface area contributed by atoms with Crippen LogP contribution in [0.1, 0.15) is 5.69 Å². The average Bonchev–Trinajstić information content (AvgIpc) is 2.79. The van der Waals surface area contributed by atoms with Crippen LogP contribution < -0.4 is 10.2 Å². The number of hydrogen-bond acceptors (Lipinski definition) is 4. The topological polar surface area (TPSA) is 41.3 Å². The summed E-state index contributed by atoms with van der Waals surface area (Å²) in [7, 11) is 2.05. The van der Waals surface area contributed by atoms with Crippen molar-refractivity contribution >= 4 is 11.6 Å². The van der Waals surface area contributed by atoms with Gasteiger partial charge < -0.3 is 14.6 Å². The largest absolute Gasteiger partial charge is 0.447 e. The molecule has 1 unspecified atom stereocenters. The van der Waals surface area contributed by atoms with E-state index in [4.69, 9.17) is 4.42 Å². The van der Waals surface area contributed by atoms with E-state index in [0.29, 0.717) is 6.04 Å². The smallest absolute Gasteiger partial charge is 0.218 e. The summed E-state index contributed by atoms with van der Waals surface area (Å²) >= 11 is 0. The first-order valence-corrected chi connectivity index (χ1v) is 5.78. The summed E-state index contributed by atoms with van der Waals surface area (Å²) in [5, 5.41) is 3.48. The number of pyridine rings is 1. The van der Waals surface area contributed by atoms with Crippen molar-refractivity contribution in [3.05, 3.63) is 42.4 Å². The average molecular weight is 229 g/mol. The number of hydrogen-bond donors (Lipinski definition) is 1. The lowest BCUT2D eigenvalue weighted by atomic mass is 10.1. The van der Waals surface area contributed by atoms with Gasteiger partial charge >= 0.3 is 0 Å². The van der Waals surface area contributed by atoms with Crippen LogP contribution in [0.2, 0.25) is 0 Å². The van der Waals surface area contributed by atoms with Gasteiger partial charge in [-0.3, -0.25) is 4.98 Å². The van der Waals surface area contributed by atoms with Gasteiger partial charge in [-0.2, -0.15) is 0 Å². The monoisotopic (exact) mass is 229 g/mol. The molecule has 0 aliphatic carbocycles. The van der Waals surface area contributed by atoms with Crippen LogP contribution in [0.25, 0.3) is 0 Å². The summed E-state index contributed by atoms with van der Waals surface area (Å²) < 4.78 is 5.41. The second-order valence-corrected chi connectivity index (χ2v) is 4.39. The van der Waals surface area contributed by atoms with Crippen molar-refractivity contribution in [2.24, 2.45) is 0 Å². The van der Waals surface area contributed by atoms with Crippen LogP contribution in [0, 0.1) is 0 Å². The highest BCUT2D eigenvalue weighted by Crippen LogP contribution is 2.31. The van der Waals surface area contributed by atoms with Crippen molar-refractivity contribution in [3.8, 4) is 0 Å². The molecule has 0 radical (unpaired) electrons. The van der Waals surface area contributed by atoms with E-state index in [9.17, 15) is 0 Å². The summed E-state index contributed by atoms with van der Waals surface area (Å²) in [6.45, 7) is 0.928. The maximum Gasteiger partial charge on any atom is 0.218 e. The van der Waals surface area contributed by atoms with Crippen LogP contribution in [0.15, 0.2) is 41.1 Å². The van der Waals surface area contributed by atoms with Crippen molar-refractivity contribution in [3.63, 3.8) is 0 Å². The fraction of sp³-hybridized carbons (Fsp3) is 0.308. The van der Waals surface area contributed by atoms with Gasteiger partial charge in [-0.15, -0.1) is 0 Å². The van der Waals surface area contributed by atoms with Crippen LogP contribution >= 0.6 is 0 Å². The van der Waals surface area contributed by atoms with Gasteiger partial charge in [-0.05, 0) is 12.1 Å². The molecule has 4 nitrogen and oxygen atoms in total.